The number of nitrogens with one attached hydrogen (secondary N) is 6. The van der Waals surface area contributed by atoms with Crippen molar-refractivity contribution in [1.29, 1.82) is 0 Å². The summed E-state index contributed by atoms with van der Waals surface area (Å²) in [6.07, 6.45) is 20.4. The fraction of sp³-hybridized carbons (Fsp3) is 0.325. The summed E-state index contributed by atoms with van der Waals surface area (Å²) in [6.45, 7) is 2.75. The summed E-state index contributed by atoms with van der Waals surface area (Å²) in [5.41, 5.74) is 6.73. The molecular formula is C40H52FeN12O6+2. The van der Waals surface area contributed by atoms with Crippen LogP contribution in [0.2, 0.25) is 0 Å². The van der Waals surface area contributed by atoms with Crippen LogP contribution in [0, 0.1) is 63.2 Å². The van der Waals surface area contributed by atoms with E-state index < -0.39 is 11.8 Å². The number of nitrogens with zero attached hydrogens (tertiary/aromatic N) is 5. The quantitative estimate of drug-likeness (QED) is 0.0714. The SMILES string of the molecule is CN(C)CCCNC(=O)c1cc(NC(=O)c2nc(NC(=O)c3cc(NC(=O)CCCNC(=O)[C]4[CH][CH][CH][CH]4)cn3C)cn2C)cn1C.NCCNC(=O)[C]1[CH][CH][CH][CH]1.[Fe+2]. The van der Waals surface area contributed by atoms with Gasteiger partial charge in [-0.25, -0.2) is 4.98 Å². The second-order valence-electron chi connectivity index (χ2n) is 13.6. The standard InChI is InChI=1S/C32H41N10O5.C8H11N2O.Fe/c1-39(2)15-9-14-34-30(45)24-17-23(19-40(24)3)36-32(47)28-37-26(20-42(28)5)38-31(46)25-16-22(18-41(25)4)35-27(43)12-8-13-33-29(44)21-10-6-7-11-21;9-5-6-10-8(11)7-3-1-2-4-7;/h6-7,10-11,16-20H,8-9,12-15H2,1-5H3,(H,33,44)(H,34,45)(H,35,43)(H,36,47)(H,38,46);1-4H,5-6,9H2,(H,10,11);/q;;+2. The molecule has 3 aromatic rings. The maximum atomic E-state index is 13.0. The van der Waals surface area contributed by atoms with Gasteiger partial charge in [0.25, 0.3) is 17.7 Å². The van der Waals surface area contributed by atoms with Crippen LogP contribution in [0.3, 0.4) is 0 Å². The van der Waals surface area contributed by atoms with Crippen LogP contribution in [-0.2, 0) is 52.6 Å². The van der Waals surface area contributed by atoms with Crippen molar-refractivity contribution >= 4 is 52.6 Å². The van der Waals surface area contributed by atoms with Crippen molar-refractivity contribution in [3.63, 3.8) is 0 Å². The molecule has 6 amide bonds. The van der Waals surface area contributed by atoms with Crippen molar-refractivity contribution in [2.24, 2.45) is 26.9 Å². The van der Waals surface area contributed by atoms with Crippen molar-refractivity contribution in [2.45, 2.75) is 19.3 Å². The monoisotopic (exact) mass is 852 g/mol. The van der Waals surface area contributed by atoms with E-state index in [0.717, 1.165) is 13.0 Å². The van der Waals surface area contributed by atoms with Crippen LogP contribution >= 0.6 is 0 Å². The second-order valence-corrected chi connectivity index (χ2v) is 13.6. The molecule has 0 aromatic carbocycles. The maximum Gasteiger partial charge on any atom is 2.00 e. The fourth-order valence-corrected chi connectivity index (χ4v) is 5.62. The van der Waals surface area contributed by atoms with E-state index in [1.165, 1.54) is 16.8 Å². The molecule has 0 saturated heterocycles. The molecule has 314 valence electrons. The third-order valence-corrected chi connectivity index (χ3v) is 8.55. The predicted octanol–water partition coefficient (Wildman–Crippen LogP) is 0.987. The van der Waals surface area contributed by atoms with Gasteiger partial charge in [0.15, 0.2) is 5.82 Å². The average Bonchev–Trinajstić information content (AvgIpc) is 4.03. The number of aryl methyl sites for hydroxylation is 3. The molecule has 3 aromatic heterocycles. The largest absolute Gasteiger partial charge is 2.00 e. The molecule has 2 aliphatic carbocycles. The number of carbonyl (C=O) groups excluding carboxylic acids is 6. The Labute approximate surface area is 357 Å². The van der Waals surface area contributed by atoms with Gasteiger partial charge < -0.3 is 56.2 Å². The number of anilines is 3. The van der Waals surface area contributed by atoms with Crippen LogP contribution in [-0.4, -0.2) is 106 Å². The first-order valence-electron chi connectivity index (χ1n) is 18.7. The van der Waals surface area contributed by atoms with Crippen molar-refractivity contribution < 1.29 is 45.8 Å². The molecule has 0 unspecified atom stereocenters. The maximum absolute atomic E-state index is 13.0. The third-order valence-electron chi connectivity index (χ3n) is 8.55. The van der Waals surface area contributed by atoms with Crippen LogP contribution in [0.5, 0.6) is 0 Å². The van der Waals surface area contributed by atoms with E-state index in [4.69, 9.17) is 5.73 Å². The molecule has 0 aliphatic heterocycles. The first-order valence-corrected chi connectivity index (χ1v) is 18.7. The molecular weight excluding hydrogens is 800 g/mol. The zero-order valence-corrected chi connectivity index (χ0v) is 34.9. The van der Waals surface area contributed by atoms with E-state index in [-0.39, 0.29) is 64.5 Å². The van der Waals surface area contributed by atoms with Gasteiger partial charge in [-0.1, -0.05) is 0 Å². The Balaban J connectivity index is 0.000000670. The van der Waals surface area contributed by atoms with Crippen LogP contribution in [0.4, 0.5) is 17.2 Å². The topological polar surface area (TPSA) is 232 Å². The van der Waals surface area contributed by atoms with Crippen molar-refractivity contribution in [2.75, 3.05) is 62.8 Å². The van der Waals surface area contributed by atoms with Gasteiger partial charge in [0.05, 0.1) is 23.2 Å². The number of nitrogens with two attached hydrogens (primary N) is 1. The molecule has 2 aliphatic rings. The first-order chi connectivity index (χ1) is 27.7. The number of imidazole rings is 1. The number of hydrogen-bond acceptors (Lipinski definition) is 9. The molecule has 10 radical (unpaired) electrons. The summed E-state index contributed by atoms with van der Waals surface area (Å²) in [6, 6.07) is 3.12. The minimum absolute atomic E-state index is 0. The van der Waals surface area contributed by atoms with Gasteiger partial charge in [-0.2, -0.15) is 0 Å². The zero-order valence-electron chi connectivity index (χ0n) is 33.8. The van der Waals surface area contributed by atoms with Gasteiger partial charge in [0.1, 0.15) is 11.4 Å². The Morgan fingerprint density at radius 1 is 0.627 bits per heavy atom. The first kappa shape index (κ1) is 48.4. The smallest absolute Gasteiger partial charge is 0.356 e. The third kappa shape index (κ3) is 15.3. The minimum Gasteiger partial charge on any atom is -0.356 e. The van der Waals surface area contributed by atoms with E-state index in [9.17, 15) is 28.8 Å². The van der Waals surface area contributed by atoms with Gasteiger partial charge in [-0.15, -0.1) is 0 Å². The fourth-order valence-electron chi connectivity index (χ4n) is 5.62. The van der Waals surface area contributed by atoms with Crippen LogP contribution in [0.15, 0.2) is 30.7 Å². The van der Waals surface area contributed by atoms with E-state index in [1.54, 1.807) is 87.3 Å². The Kier molecular flexibility index (Phi) is 19.8. The molecule has 5 rings (SSSR count). The Morgan fingerprint density at radius 2 is 1.14 bits per heavy atom. The van der Waals surface area contributed by atoms with E-state index in [2.05, 4.69) is 36.9 Å². The van der Waals surface area contributed by atoms with Crippen LogP contribution < -0.4 is 37.6 Å². The molecule has 0 atom stereocenters. The van der Waals surface area contributed by atoms with E-state index in [0.29, 0.717) is 61.5 Å². The molecule has 8 N–H and O–H groups in total. The Morgan fingerprint density at radius 3 is 1.69 bits per heavy atom. The summed E-state index contributed by atoms with van der Waals surface area (Å²) in [5.74, 6) is -0.280. The molecule has 19 heteroatoms. The van der Waals surface area contributed by atoms with Gasteiger partial charge in [0.2, 0.25) is 23.5 Å². The molecule has 0 spiro atoms. The molecule has 59 heavy (non-hydrogen) atoms. The minimum atomic E-state index is -0.522. The predicted molar refractivity (Wildman–Crippen MR) is 219 cm³/mol. The summed E-state index contributed by atoms with van der Waals surface area (Å²) in [5, 5.41) is 16.5. The number of aromatic nitrogens is 4. The van der Waals surface area contributed by atoms with Gasteiger partial charge in [0, 0.05) is 72.3 Å². The second kappa shape index (κ2) is 24.2. The number of amides is 6. The molecule has 2 saturated carbocycles. The van der Waals surface area contributed by atoms with Crippen LogP contribution in [0.1, 0.15) is 50.9 Å². The normalized spacial score (nSPS) is 13.9. The van der Waals surface area contributed by atoms with Gasteiger partial charge in [-0.05, 0) is 97.0 Å². The van der Waals surface area contributed by atoms with Crippen LogP contribution in [0.25, 0.3) is 0 Å². The summed E-state index contributed by atoms with van der Waals surface area (Å²) in [7, 11) is 8.94. The zero-order chi connectivity index (χ0) is 42.2. The molecule has 2 fully saturated rings. The number of hydrogen-bond donors (Lipinski definition) is 7. The summed E-state index contributed by atoms with van der Waals surface area (Å²) < 4.78 is 4.67. The van der Waals surface area contributed by atoms with Gasteiger partial charge >= 0.3 is 17.1 Å². The van der Waals surface area contributed by atoms with E-state index >= 15 is 0 Å². The Bertz CT molecular complexity index is 1870. The molecule has 0 bridgehead atoms. The summed E-state index contributed by atoms with van der Waals surface area (Å²) >= 11 is 0. The Hall–Kier alpha value is -4.97. The number of carbonyl (C=O) groups is 6. The number of rotatable bonds is 18. The van der Waals surface area contributed by atoms with Crippen molar-refractivity contribution in [3.05, 3.63) is 111 Å². The van der Waals surface area contributed by atoms with Crippen molar-refractivity contribution in [1.82, 2.24) is 39.5 Å². The van der Waals surface area contributed by atoms with Crippen molar-refractivity contribution in [3.8, 4) is 0 Å². The van der Waals surface area contributed by atoms with Gasteiger partial charge in [-0.3, -0.25) is 28.8 Å². The average molecular weight is 853 g/mol. The molecule has 18 nitrogen and oxygen atoms in total. The summed E-state index contributed by atoms with van der Waals surface area (Å²) in [4.78, 5) is 80.5. The van der Waals surface area contributed by atoms with E-state index in [1.807, 2.05) is 31.8 Å². The molecule has 3 heterocycles.